The van der Waals surface area contributed by atoms with E-state index in [0.717, 1.165) is 6.42 Å². The highest BCUT2D eigenvalue weighted by Gasteiger charge is 2.47. The number of carbonyl (C=O) groups is 3. The molecular formula is C14H24N2O6. The predicted octanol–water partition coefficient (Wildman–Crippen LogP) is 0.431. The number of nitrogens with one attached hydrogen (secondary N) is 2. The molecule has 8 heteroatoms. The maximum absolute atomic E-state index is 12.2. The number of rotatable bonds is 5. The van der Waals surface area contributed by atoms with Gasteiger partial charge in [-0.1, -0.05) is 0 Å². The molecule has 3 N–H and O–H groups in total. The van der Waals surface area contributed by atoms with Gasteiger partial charge in [0.1, 0.15) is 11.1 Å². The minimum absolute atomic E-state index is 0.0903. The summed E-state index contributed by atoms with van der Waals surface area (Å²) in [6, 6.07) is 0. The van der Waals surface area contributed by atoms with Crippen LogP contribution in [0.1, 0.15) is 47.0 Å². The van der Waals surface area contributed by atoms with Gasteiger partial charge >= 0.3 is 12.1 Å². The highest BCUT2D eigenvalue weighted by Crippen LogP contribution is 2.32. The standard InChI is InChI=1S/C14H24N2O6/c1-5-21-10(18)9(17)15-11(19)14(7-6-8-14)16-12(20)22-13(2,3)4/h9,17H,5-8H2,1-4H3,(H,15,19)(H,16,20). The molecular weight excluding hydrogens is 292 g/mol. The van der Waals surface area contributed by atoms with E-state index in [9.17, 15) is 19.5 Å². The Morgan fingerprint density at radius 3 is 2.27 bits per heavy atom. The number of alkyl carbamates (subject to hydrolysis) is 1. The van der Waals surface area contributed by atoms with Gasteiger partial charge in [0, 0.05) is 0 Å². The number of esters is 1. The van der Waals surface area contributed by atoms with E-state index in [1.165, 1.54) is 0 Å². The van der Waals surface area contributed by atoms with Crippen LogP contribution in [0.3, 0.4) is 0 Å². The van der Waals surface area contributed by atoms with E-state index in [1.54, 1.807) is 27.7 Å². The first-order valence-corrected chi connectivity index (χ1v) is 7.26. The van der Waals surface area contributed by atoms with E-state index >= 15 is 0 Å². The third kappa shape index (κ3) is 4.87. The van der Waals surface area contributed by atoms with Crippen LogP contribution in [-0.4, -0.2) is 47.1 Å². The van der Waals surface area contributed by atoms with Gasteiger partial charge in [-0.25, -0.2) is 9.59 Å². The van der Waals surface area contributed by atoms with Crippen LogP contribution in [0, 0.1) is 0 Å². The average Bonchev–Trinajstić information content (AvgIpc) is 2.31. The molecule has 0 bridgehead atoms. The molecule has 0 saturated heterocycles. The second-order valence-corrected chi connectivity index (χ2v) is 6.19. The van der Waals surface area contributed by atoms with Gasteiger partial charge in [-0.3, -0.25) is 4.79 Å². The number of hydrogen-bond acceptors (Lipinski definition) is 6. The van der Waals surface area contributed by atoms with Crippen molar-refractivity contribution in [1.29, 1.82) is 0 Å². The summed E-state index contributed by atoms with van der Waals surface area (Å²) in [6.07, 6.45) is -0.904. The number of aliphatic hydroxyl groups excluding tert-OH is 1. The largest absolute Gasteiger partial charge is 0.463 e. The van der Waals surface area contributed by atoms with E-state index < -0.39 is 35.3 Å². The lowest BCUT2D eigenvalue weighted by Crippen LogP contribution is -2.65. The van der Waals surface area contributed by atoms with Gasteiger partial charge in [0.2, 0.25) is 12.1 Å². The Labute approximate surface area is 129 Å². The molecule has 0 aromatic rings. The monoisotopic (exact) mass is 316 g/mol. The fourth-order valence-corrected chi connectivity index (χ4v) is 1.98. The van der Waals surface area contributed by atoms with Crippen molar-refractivity contribution in [3.8, 4) is 0 Å². The normalized spacial score (nSPS) is 17.7. The van der Waals surface area contributed by atoms with Crippen LogP contribution in [0.4, 0.5) is 4.79 Å². The molecule has 0 aromatic carbocycles. The Morgan fingerprint density at radius 2 is 1.86 bits per heavy atom. The Kier molecular flexibility index (Phi) is 5.76. The second-order valence-electron chi connectivity index (χ2n) is 6.19. The Balaban J connectivity index is 2.63. The summed E-state index contributed by atoms with van der Waals surface area (Å²) in [7, 11) is 0. The van der Waals surface area contributed by atoms with Crippen molar-refractivity contribution in [1.82, 2.24) is 10.6 Å². The predicted molar refractivity (Wildman–Crippen MR) is 76.7 cm³/mol. The molecule has 1 aliphatic rings. The minimum atomic E-state index is -1.76. The Bertz CT molecular complexity index is 439. The highest BCUT2D eigenvalue weighted by atomic mass is 16.6. The first-order valence-electron chi connectivity index (χ1n) is 7.26. The maximum atomic E-state index is 12.2. The molecule has 1 aliphatic carbocycles. The summed E-state index contributed by atoms with van der Waals surface area (Å²) < 4.78 is 9.73. The van der Waals surface area contributed by atoms with Crippen molar-refractivity contribution in [3.63, 3.8) is 0 Å². The van der Waals surface area contributed by atoms with E-state index in [0.29, 0.717) is 12.8 Å². The van der Waals surface area contributed by atoms with Crippen LogP contribution < -0.4 is 10.6 Å². The summed E-state index contributed by atoms with van der Waals surface area (Å²) in [5, 5.41) is 14.2. The average molecular weight is 316 g/mol. The van der Waals surface area contributed by atoms with Crippen LogP contribution in [0.15, 0.2) is 0 Å². The number of aliphatic hydroxyl groups is 1. The Morgan fingerprint density at radius 1 is 1.27 bits per heavy atom. The number of carbonyl (C=O) groups excluding carboxylic acids is 3. The van der Waals surface area contributed by atoms with Crippen molar-refractivity contribution in [2.24, 2.45) is 0 Å². The van der Waals surface area contributed by atoms with Crippen molar-refractivity contribution >= 4 is 18.0 Å². The summed E-state index contributed by atoms with van der Waals surface area (Å²) in [5.41, 5.74) is -1.84. The second kappa shape index (κ2) is 6.95. The molecule has 0 aliphatic heterocycles. The zero-order valence-electron chi connectivity index (χ0n) is 13.4. The molecule has 1 atom stereocenters. The summed E-state index contributed by atoms with van der Waals surface area (Å²) in [6.45, 7) is 6.82. The number of amides is 2. The first-order chi connectivity index (χ1) is 10.1. The fourth-order valence-electron chi connectivity index (χ4n) is 1.98. The molecule has 0 spiro atoms. The number of ether oxygens (including phenoxy) is 2. The third-order valence-electron chi connectivity index (χ3n) is 3.16. The van der Waals surface area contributed by atoms with Crippen LogP contribution in [0.5, 0.6) is 0 Å². The molecule has 1 rings (SSSR count). The van der Waals surface area contributed by atoms with E-state index in [-0.39, 0.29) is 6.61 Å². The van der Waals surface area contributed by atoms with Crippen LogP contribution in [0.2, 0.25) is 0 Å². The lowest BCUT2D eigenvalue weighted by molar-refractivity contribution is -0.158. The van der Waals surface area contributed by atoms with Gasteiger partial charge in [-0.2, -0.15) is 0 Å². The van der Waals surface area contributed by atoms with Crippen LogP contribution in [0.25, 0.3) is 0 Å². The van der Waals surface area contributed by atoms with Crippen molar-refractivity contribution < 1.29 is 29.0 Å². The lowest BCUT2D eigenvalue weighted by atomic mass is 9.76. The molecule has 0 heterocycles. The quantitative estimate of drug-likeness (QED) is 0.501. The summed E-state index contributed by atoms with van der Waals surface area (Å²) in [5.74, 6) is -1.58. The van der Waals surface area contributed by atoms with Gasteiger partial charge in [-0.15, -0.1) is 0 Å². The van der Waals surface area contributed by atoms with Gasteiger partial charge < -0.3 is 25.2 Å². The smallest absolute Gasteiger partial charge is 0.408 e. The first kappa shape index (κ1) is 18.2. The highest BCUT2D eigenvalue weighted by molar-refractivity contribution is 5.93. The maximum Gasteiger partial charge on any atom is 0.408 e. The van der Waals surface area contributed by atoms with E-state index in [2.05, 4.69) is 15.4 Å². The van der Waals surface area contributed by atoms with Gasteiger partial charge in [0.25, 0.3) is 0 Å². The van der Waals surface area contributed by atoms with Crippen molar-refractivity contribution in [2.75, 3.05) is 6.61 Å². The van der Waals surface area contributed by atoms with Gasteiger partial charge in [-0.05, 0) is 47.0 Å². The molecule has 0 radical (unpaired) electrons. The SMILES string of the molecule is CCOC(=O)C(O)NC(=O)C1(NC(=O)OC(C)(C)C)CCC1. The van der Waals surface area contributed by atoms with Crippen LogP contribution in [-0.2, 0) is 19.1 Å². The molecule has 0 aromatic heterocycles. The molecule has 8 nitrogen and oxygen atoms in total. The Hall–Kier alpha value is -1.83. The van der Waals surface area contributed by atoms with Crippen molar-refractivity contribution in [2.45, 2.75) is 64.3 Å². The molecule has 1 fully saturated rings. The summed E-state index contributed by atoms with van der Waals surface area (Å²) in [4.78, 5) is 35.4. The van der Waals surface area contributed by atoms with Crippen molar-refractivity contribution in [3.05, 3.63) is 0 Å². The molecule has 1 saturated carbocycles. The van der Waals surface area contributed by atoms with E-state index in [4.69, 9.17) is 4.74 Å². The number of hydrogen-bond donors (Lipinski definition) is 3. The topological polar surface area (TPSA) is 114 Å². The lowest BCUT2D eigenvalue weighted by Gasteiger charge is -2.41. The zero-order chi connectivity index (χ0) is 17.0. The minimum Gasteiger partial charge on any atom is -0.463 e. The fraction of sp³-hybridized carbons (Fsp3) is 0.786. The van der Waals surface area contributed by atoms with E-state index in [1.807, 2.05) is 0 Å². The molecule has 1 unspecified atom stereocenters. The summed E-state index contributed by atoms with van der Waals surface area (Å²) >= 11 is 0. The molecule has 2 amide bonds. The van der Waals surface area contributed by atoms with Gasteiger partial charge in [0.15, 0.2) is 0 Å². The zero-order valence-corrected chi connectivity index (χ0v) is 13.4. The van der Waals surface area contributed by atoms with Gasteiger partial charge in [0.05, 0.1) is 6.61 Å². The molecule has 22 heavy (non-hydrogen) atoms. The molecule has 126 valence electrons. The van der Waals surface area contributed by atoms with Crippen LogP contribution >= 0.6 is 0 Å². The third-order valence-corrected chi connectivity index (χ3v) is 3.16.